The molecule has 8 nitrogen and oxygen atoms in total. The van der Waals surface area contributed by atoms with Crippen molar-refractivity contribution in [2.45, 2.75) is 17.7 Å². The predicted octanol–water partition coefficient (Wildman–Crippen LogP) is 2.58. The number of aromatic nitrogens is 1. The van der Waals surface area contributed by atoms with Crippen molar-refractivity contribution in [3.63, 3.8) is 0 Å². The zero-order valence-electron chi connectivity index (χ0n) is 17.0. The van der Waals surface area contributed by atoms with Crippen LogP contribution in [-0.2, 0) is 14.8 Å². The van der Waals surface area contributed by atoms with Gasteiger partial charge in [-0.25, -0.2) is 8.42 Å². The lowest BCUT2D eigenvalue weighted by Gasteiger charge is -2.30. The minimum absolute atomic E-state index is 0.114. The molecule has 2 N–H and O–H groups in total. The number of nitrogens with one attached hydrogen (secondary N) is 2. The molecule has 4 rings (SSSR count). The van der Waals surface area contributed by atoms with E-state index in [1.807, 2.05) is 0 Å². The topological polar surface area (TPSA) is 109 Å². The summed E-state index contributed by atoms with van der Waals surface area (Å²) in [6.07, 6.45) is 0.893. The summed E-state index contributed by atoms with van der Waals surface area (Å²) in [5, 5.41) is 3.53. The summed E-state index contributed by atoms with van der Waals surface area (Å²) in [6.45, 7) is 0.541. The van der Waals surface area contributed by atoms with Crippen LogP contribution in [0.15, 0.2) is 64.3 Å². The Morgan fingerprint density at radius 2 is 1.77 bits per heavy atom. The van der Waals surface area contributed by atoms with Crippen LogP contribution in [0.5, 0.6) is 5.75 Å². The third-order valence-corrected chi connectivity index (χ3v) is 7.41. The van der Waals surface area contributed by atoms with E-state index < -0.39 is 10.0 Å². The minimum Gasteiger partial charge on any atom is -0.497 e. The highest BCUT2D eigenvalue weighted by Crippen LogP contribution is 2.26. The molecule has 0 aliphatic carbocycles. The van der Waals surface area contributed by atoms with Crippen LogP contribution in [0, 0.1) is 5.92 Å². The molecule has 9 heteroatoms. The summed E-state index contributed by atoms with van der Waals surface area (Å²) in [5.74, 6) is 0.337. The number of H-pyrrole nitrogens is 1. The second-order valence-corrected chi connectivity index (χ2v) is 9.41. The van der Waals surface area contributed by atoms with Gasteiger partial charge in [-0.2, -0.15) is 4.31 Å². The van der Waals surface area contributed by atoms with Crippen molar-refractivity contribution in [1.82, 2.24) is 9.29 Å². The molecule has 1 aromatic heterocycles. The van der Waals surface area contributed by atoms with Gasteiger partial charge in [0.05, 0.1) is 12.0 Å². The van der Waals surface area contributed by atoms with Gasteiger partial charge >= 0.3 is 0 Å². The summed E-state index contributed by atoms with van der Waals surface area (Å²) >= 11 is 0. The maximum Gasteiger partial charge on any atom is 0.248 e. The molecule has 0 atom stereocenters. The van der Waals surface area contributed by atoms with E-state index in [1.54, 1.807) is 49.6 Å². The molecule has 2 aromatic carbocycles. The van der Waals surface area contributed by atoms with Crippen molar-refractivity contribution in [2.24, 2.45) is 5.92 Å². The van der Waals surface area contributed by atoms with Crippen LogP contribution in [0.1, 0.15) is 12.8 Å². The molecule has 1 fully saturated rings. The molecule has 1 amide bonds. The Morgan fingerprint density at radius 3 is 2.45 bits per heavy atom. The number of aromatic amines is 1. The molecule has 1 aliphatic rings. The number of benzene rings is 2. The first-order valence-electron chi connectivity index (χ1n) is 9.95. The van der Waals surface area contributed by atoms with Gasteiger partial charge in [0.15, 0.2) is 0 Å². The molecule has 0 saturated carbocycles. The van der Waals surface area contributed by atoms with E-state index >= 15 is 0 Å². The van der Waals surface area contributed by atoms with E-state index in [0.29, 0.717) is 35.2 Å². The summed E-state index contributed by atoms with van der Waals surface area (Å²) in [4.78, 5) is 26.9. The molecule has 1 aliphatic heterocycles. The SMILES string of the molecule is COc1ccc(NC(=O)C2CCN(S(=O)(=O)c3ccc4[nH]c(=O)ccc4c3)CC2)cc1. The number of rotatable bonds is 5. The molecule has 3 aromatic rings. The summed E-state index contributed by atoms with van der Waals surface area (Å²) in [5.41, 5.74) is 1.02. The van der Waals surface area contributed by atoms with Gasteiger partial charge in [0, 0.05) is 36.3 Å². The molecular weight excluding hydrogens is 418 g/mol. The number of ether oxygens (including phenoxy) is 1. The van der Waals surface area contributed by atoms with Gasteiger partial charge < -0.3 is 15.0 Å². The predicted molar refractivity (Wildman–Crippen MR) is 118 cm³/mol. The van der Waals surface area contributed by atoms with E-state index in [0.717, 1.165) is 0 Å². The van der Waals surface area contributed by atoms with Crippen molar-refractivity contribution < 1.29 is 17.9 Å². The van der Waals surface area contributed by atoms with Gasteiger partial charge in [-0.3, -0.25) is 9.59 Å². The molecule has 1 saturated heterocycles. The number of carbonyl (C=O) groups is 1. The van der Waals surface area contributed by atoms with Crippen molar-refractivity contribution in [3.8, 4) is 5.75 Å². The lowest BCUT2D eigenvalue weighted by atomic mass is 9.97. The fourth-order valence-electron chi connectivity index (χ4n) is 3.72. The maximum absolute atomic E-state index is 13.1. The van der Waals surface area contributed by atoms with Gasteiger partial charge in [0.1, 0.15) is 5.75 Å². The Balaban J connectivity index is 1.41. The third kappa shape index (κ3) is 4.47. The summed E-state index contributed by atoms with van der Waals surface area (Å²) in [6, 6.07) is 14.7. The average molecular weight is 442 g/mol. The van der Waals surface area contributed by atoms with Crippen LogP contribution in [0.2, 0.25) is 0 Å². The Labute approximate surface area is 179 Å². The Morgan fingerprint density at radius 1 is 1.06 bits per heavy atom. The van der Waals surface area contributed by atoms with Gasteiger partial charge in [-0.1, -0.05) is 0 Å². The first kappa shape index (κ1) is 21.1. The number of hydrogen-bond donors (Lipinski definition) is 2. The zero-order valence-corrected chi connectivity index (χ0v) is 17.8. The number of carbonyl (C=O) groups excluding carboxylic acids is 1. The van der Waals surface area contributed by atoms with E-state index in [9.17, 15) is 18.0 Å². The number of piperidine rings is 1. The van der Waals surface area contributed by atoms with Crippen molar-refractivity contribution in [1.29, 1.82) is 0 Å². The van der Waals surface area contributed by atoms with Crippen LogP contribution in [0.4, 0.5) is 5.69 Å². The van der Waals surface area contributed by atoms with Crippen molar-refractivity contribution in [3.05, 3.63) is 65.0 Å². The van der Waals surface area contributed by atoms with Gasteiger partial charge in [-0.15, -0.1) is 0 Å². The molecule has 0 spiro atoms. The summed E-state index contributed by atoms with van der Waals surface area (Å²) in [7, 11) is -2.11. The fourth-order valence-corrected chi connectivity index (χ4v) is 5.22. The van der Waals surface area contributed by atoms with Crippen LogP contribution in [0.25, 0.3) is 10.9 Å². The summed E-state index contributed by atoms with van der Waals surface area (Å²) < 4.78 is 32.7. The van der Waals surface area contributed by atoms with E-state index in [2.05, 4.69) is 10.3 Å². The highest BCUT2D eigenvalue weighted by molar-refractivity contribution is 7.89. The first-order valence-corrected chi connectivity index (χ1v) is 11.4. The van der Waals surface area contributed by atoms with Gasteiger partial charge in [0.2, 0.25) is 21.5 Å². The number of anilines is 1. The molecule has 0 bridgehead atoms. The molecule has 2 heterocycles. The molecule has 0 unspecified atom stereocenters. The highest BCUT2D eigenvalue weighted by Gasteiger charge is 2.32. The first-order chi connectivity index (χ1) is 14.9. The number of hydrogen-bond acceptors (Lipinski definition) is 5. The number of fused-ring (bicyclic) bond motifs is 1. The Hall–Kier alpha value is -3.17. The quantitative estimate of drug-likeness (QED) is 0.633. The monoisotopic (exact) mass is 441 g/mol. The van der Waals surface area contributed by atoms with Gasteiger partial charge in [-0.05, 0) is 66.8 Å². The molecule has 162 valence electrons. The van der Waals surface area contributed by atoms with Crippen molar-refractivity contribution in [2.75, 3.05) is 25.5 Å². The number of sulfonamides is 1. The van der Waals surface area contributed by atoms with Crippen LogP contribution >= 0.6 is 0 Å². The largest absolute Gasteiger partial charge is 0.497 e. The Bertz CT molecular complexity index is 1260. The standard InChI is InChI=1S/C22H23N3O5S/c1-30-18-5-3-17(4-6-18)23-22(27)15-10-12-25(13-11-15)31(28,29)19-7-8-20-16(14-19)2-9-21(26)24-20/h2-9,14-15H,10-13H2,1H3,(H,23,27)(H,24,26). The van der Waals surface area contributed by atoms with Crippen molar-refractivity contribution >= 4 is 32.5 Å². The highest BCUT2D eigenvalue weighted by atomic mass is 32.2. The Kier molecular flexibility index (Phi) is 5.79. The van der Waals surface area contributed by atoms with E-state index in [4.69, 9.17) is 4.74 Å². The molecule has 31 heavy (non-hydrogen) atoms. The van der Waals surface area contributed by atoms with E-state index in [-0.39, 0.29) is 35.4 Å². The van der Waals surface area contributed by atoms with Crippen LogP contribution in [0.3, 0.4) is 0 Å². The molecule has 0 radical (unpaired) electrons. The normalized spacial score (nSPS) is 15.6. The van der Waals surface area contributed by atoms with E-state index in [1.165, 1.54) is 16.4 Å². The number of amides is 1. The average Bonchev–Trinajstić information content (AvgIpc) is 2.79. The second-order valence-electron chi connectivity index (χ2n) is 7.47. The van der Waals surface area contributed by atoms with Crippen LogP contribution in [-0.4, -0.2) is 43.8 Å². The molecular formula is C22H23N3O5S. The number of methoxy groups -OCH3 is 1. The minimum atomic E-state index is -3.68. The maximum atomic E-state index is 13.1. The van der Waals surface area contributed by atoms with Gasteiger partial charge in [0.25, 0.3) is 0 Å². The lowest BCUT2D eigenvalue weighted by molar-refractivity contribution is -0.120. The lowest BCUT2D eigenvalue weighted by Crippen LogP contribution is -2.41. The fraction of sp³-hybridized carbons (Fsp3) is 0.273. The number of nitrogens with zero attached hydrogens (tertiary/aromatic N) is 1. The third-order valence-electron chi connectivity index (χ3n) is 5.52. The van der Waals surface area contributed by atoms with Crippen LogP contribution < -0.4 is 15.6 Å². The second kappa shape index (κ2) is 8.52. The number of pyridine rings is 1. The zero-order chi connectivity index (χ0) is 22.0. The smallest absolute Gasteiger partial charge is 0.248 e.